The zero-order valence-corrected chi connectivity index (χ0v) is 7.27. The third kappa shape index (κ3) is 1.45. The second-order valence-electron chi connectivity index (χ2n) is 2.83. The van der Waals surface area contributed by atoms with Gasteiger partial charge in [0.1, 0.15) is 11.4 Å². The molecule has 1 aromatic heterocycles. The molecule has 0 aliphatic carbocycles. The quantitative estimate of drug-likeness (QED) is 0.408. The van der Waals surface area contributed by atoms with E-state index in [-0.39, 0.29) is 11.0 Å². The number of fused-ring (bicyclic) bond motifs is 1. The second kappa shape index (κ2) is 3.16. The van der Waals surface area contributed by atoms with Crippen molar-refractivity contribution in [3.05, 3.63) is 50.6 Å². The van der Waals surface area contributed by atoms with E-state index in [1.807, 2.05) is 0 Å². The lowest BCUT2D eigenvalue weighted by molar-refractivity contribution is -0.387. The lowest BCUT2D eigenvalue weighted by atomic mass is 10.2. The van der Waals surface area contributed by atoms with Gasteiger partial charge >= 0.3 is 11.3 Å². The molecule has 76 valence electrons. The molecule has 1 aromatic carbocycles. The van der Waals surface area contributed by atoms with E-state index in [4.69, 9.17) is 0 Å². The summed E-state index contributed by atoms with van der Waals surface area (Å²) < 4.78 is 17.8. The maximum atomic E-state index is 13.2. The smallest absolute Gasteiger partial charge is 0.415 e. The SMILES string of the molecule is O=c1oc2cccc(F)c2cc1[N+](=O)[O-]. The van der Waals surface area contributed by atoms with Gasteiger partial charge in [-0.3, -0.25) is 10.1 Å². The fourth-order valence-electron chi connectivity index (χ4n) is 1.22. The highest BCUT2D eigenvalue weighted by Crippen LogP contribution is 2.19. The molecular formula is C9H4FNO4. The zero-order chi connectivity index (χ0) is 11.0. The summed E-state index contributed by atoms with van der Waals surface area (Å²) in [6.45, 7) is 0. The summed E-state index contributed by atoms with van der Waals surface area (Å²) in [5.74, 6) is -0.667. The van der Waals surface area contributed by atoms with E-state index in [0.29, 0.717) is 0 Å². The second-order valence-corrected chi connectivity index (χ2v) is 2.83. The first-order valence-electron chi connectivity index (χ1n) is 3.96. The van der Waals surface area contributed by atoms with Crippen LogP contribution in [-0.2, 0) is 0 Å². The van der Waals surface area contributed by atoms with Crippen LogP contribution in [0.4, 0.5) is 10.1 Å². The van der Waals surface area contributed by atoms with Crippen LogP contribution < -0.4 is 5.63 Å². The lowest BCUT2D eigenvalue weighted by Gasteiger charge is -1.96. The fourth-order valence-corrected chi connectivity index (χ4v) is 1.22. The number of hydrogen-bond donors (Lipinski definition) is 0. The summed E-state index contributed by atoms with van der Waals surface area (Å²) in [6, 6.07) is 4.72. The van der Waals surface area contributed by atoms with Crippen molar-refractivity contribution >= 4 is 16.7 Å². The van der Waals surface area contributed by atoms with Crippen LogP contribution in [0.1, 0.15) is 0 Å². The first-order valence-corrected chi connectivity index (χ1v) is 3.96. The maximum absolute atomic E-state index is 13.2. The van der Waals surface area contributed by atoms with E-state index < -0.39 is 22.1 Å². The van der Waals surface area contributed by atoms with E-state index in [2.05, 4.69) is 4.42 Å². The topological polar surface area (TPSA) is 73.3 Å². The third-order valence-electron chi connectivity index (χ3n) is 1.90. The van der Waals surface area contributed by atoms with Crippen LogP contribution in [0, 0.1) is 15.9 Å². The molecule has 0 aliphatic rings. The summed E-state index contributed by atoms with van der Waals surface area (Å²) >= 11 is 0. The number of nitrogens with zero attached hydrogens (tertiary/aromatic N) is 1. The number of benzene rings is 1. The third-order valence-corrected chi connectivity index (χ3v) is 1.90. The van der Waals surface area contributed by atoms with Gasteiger partial charge in [-0.15, -0.1) is 0 Å². The summed E-state index contributed by atoms with van der Waals surface area (Å²) in [6.07, 6.45) is 0. The Labute approximate surface area is 81.9 Å². The van der Waals surface area contributed by atoms with Crippen LogP contribution in [0.3, 0.4) is 0 Å². The predicted octanol–water partition coefficient (Wildman–Crippen LogP) is 1.84. The first kappa shape index (κ1) is 9.32. The van der Waals surface area contributed by atoms with Gasteiger partial charge < -0.3 is 4.42 Å². The maximum Gasteiger partial charge on any atom is 0.415 e. The molecule has 0 unspecified atom stereocenters. The molecule has 6 heteroatoms. The molecule has 0 fully saturated rings. The van der Waals surface area contributed by atoms with Gasteiger partial charge in [-0.2, -0.15) is 0 Å². The standard InChI is InChI=1S/C9H4FNO4/c10-6-2-1-3-8-5(6)4-7(11(13)14)9(12)15-8/h1-4H. The Kier molecular flexibility index (Phi) is 1.96. The van der Waals surface area contributed by atoms with Crippen molar-refractivity contribution in [2.24, 2.45) is 0 Å². The van der Waals surface area contributed by atoms with Gasteiger partial charge in [0, 0.05) is 6.07 Å². The largest absolute Gasteiger partial charge is 0.418 e. The van der Waals surface area contributed by atoms with Crippen LogP contribution in [0.5, 0.6) is 0 Å². The van der Waals surface area contributed by atoms with E-state index >= 15 is 0 Å². The van der Waals surface area contributed by atoms with Crippen molar-refractivity contribution in [3.63, 3.8) is 0 Å². The average Bonchev–Trinajstić information content (AvgIpc) is 2.16. The minimum Gasteiger partial charge on any atom is -0.418 e. The van der Waals surface area contributed by atoms with E-state index in [1.54, 1.807) is 0 Å². The number of hydrogen-bond acceptors (Lipinski definition) is 4. The van der Waals surface area contributed by atoms with Gasteiger partial charge in [-0.25, -0.2) is 9.18 Å². The minimum absolute atomic E-state index is 0.00870. The van der Waals surface area contributed by atoms with Crippen LogP contribution >= 0.6 is 0 Å². The molecular weight excluding hydrogens is 205 g/mol. The average molecular weight is 209 g/mol. The monoisotopic (exact) mass is 209 g/mol. The van der Waals surface area contributed by atoms with Crippen LogP contribution in [-0.4, -0.2) is 4.92 Å². The molecule has 0 aliphatic heterocycles. The molecule has 2 rings (SSSR count). The van der Waals surface area contributed by atoms with Gasteiger partial charge in [0.25, 0.3) is 0 Å². The summed E-state index contributed by atoms with van der Waals surface area (Å²) in [5.41, 5.74) is -1.86. The Morgan fingerprint density at radius 3 is 2.80 bits per heavy atom. The van der Waals surface area contributed by atoms with Crippen molar-refractivity contribution < 1.29 is 13.7 Å². The van der Waals surface area contributed by atoms with Crippen LogP contribution in [0.15, 0.2) is 33.5 Å². The van der Waals surface area contributed by atoms with Crippen molar-refractivity contribution in [1.82, 2.24) is 0 Å². The normalized spacial score (nSPS) is 10.5. The number of nitro groups is 1. The molecule has 0 radical (unpaired) electrons. The molecule has 0 saturated heterocycles. The molecule has 2 aromatic rings. The number of halogens is 1. The fraction of sp³-hybridized carbons (Fsp3) is 0. The van der Waals surface area contributed by atoms with Crippen LogP contribution in [0.25, 0.3) is 11.0 Å². The molecule has 0 bridgehead atoms. The molecule has 0 atom stereocenters. The summed E-state index contributed by atoms with van der Waals surface area (Å²) in [5, 5.41) is 10.3. The molecule has 15 heavy (non-hydrogen) atoms. The van der Waals surface area contributed by atoms with E-state index in [9.17, 15) is 19.3 Å². The number of rotatable bonds is 1. The molecule has 0 N–H and O–H groups in total. The van der Waals surface area contributed by atoms with E-state index in [0.717, 1.165) is 12.1 Å². The van der Waals surface area contributed by atoms with Gasteiger partial charge in [0.05, 0.1) is 10.3 Å². The zero-order valence-electron chi connectivity index (χ0n) is 7.27. The minimum atomic E-state index is -1.09. The van der Waals surface area contributed by atoms with Gasteiger partial charge in [-0.05, 0) is 12.1 Å². The predicted molar refractivity (Wildman–Crippen MR) is 49.1 cm³/mol. The Balaban J connectivity index is 2.90. The van der Waals surface area contributed by atoms with Gasteiger partial charge in [0.2, 0.25) is 0 Å². The Morgan fingerprint density at radius 1 is 1.40 bits per heavy atom. The van der Waals surface area contributed by atoms with Crippen molar-refractivity contribution in [1.29, 1.82) is 0 Å². The van der Waals surface area contributed by atoms with Crippen molar-refractivity contribution in [3.8, 4) is 0 Å². The lowest BCUT2D eigenvalue weighted by Crippen LogP contribution is -2.06. The summed E-state index contributed by atoms with van der Waals surface area (Å²) in [4.78, 5) is 20.5. The Hall–Kier alpha value is -2.24. The highest BCUT2D eigenvalue weighted by Gasteiger charge is 2.16. The molecule has 0 spiro atoms. The molecule has 1 heterocycles. The first-order chi connectivity index (χ1) is 7.09. The highest BCUT2D eigenvalue weighted by molar-refractivity contribution is 5.78. The molecule has 0 saturated carbocycles. The highest BCUT2D eigenvalue weighted by atomic mass is 19.1. The van der Waals surface area contributed by atoms with Crippen molar-refractivity contribution in [2.75, 3.05) is 0 Å². The summed E-state index contributed by atoms with van der Waals surface area (Å²) in [7, 11) is 0. The molecule has 0 amide bonds. The molecule has 5 nitrogen and oxygen atoms in total. The Morgan fingerprint density at radius 2 is 2.13 bits per heavy atom. The Bertz CT molecular complexity index is 605. The van der Waals surface area contributed by atoms with Crippen LogP contribution in [0.2, 0.25) is 0 Å². The van der Waals surface area contributed by atoms with E-state index in [1.165, 1.54) is 12.1 Å². The van der Waals surface area contributed by atoms with Crippen molar-refractivity contribution in [2.45, 2.75) is 0 Å². The van der Waals surface area contributed by atoms with Gasteiger partial charge in [0.15, 0.2) is 0 Å². The van der Waals surface area contributed by atoms with Gasteiger partial charge in [-0.1, -0.05) is 6.07 Å².